The molecule has 0 spiro atoms. The van der Waals surface area contributed by atoms with Gasteiger partial charge in [0.2, 0.25) is 10.0 Å². The number of ether oxygens (including phenoxy) is 1. The van der Waals surface area contributed by atoms with E-state index in [2.05, 4.69) is 0 Å². The Balaban J connectivity index is 1.78. The van der Waals surface area contributed by atoms with Crippen molar-refractivity contribution < 1.29 is 22.7 Å². The molecule has 28 heavy (non-hydrogen) atoms. The third-order valence-electron chi connectivity index (χ3n) is 4.12. The van der Waals surface area contributed by atoms with E-state index in [1.165, 1.54) is 16.3 Å². The number of thiophene rings is 1. The van der Waals surface area contributed by atoms with Gasteiger partial charge in [0.1, 0.15) is 9.77 Å². The summed E-state index contributed by atoms with van der Waals surface area (Å²) in [6.45, 7) is 1.68. The number of nitrogens with zero attached hydrogens (tertiary/aromatic N) is 1. The minimum atomic E-state index is -4.05. The molecular weight excluding hydrogens is 400 g/mol. The average molecular weight is 418 g/mol. The van der Waals surface area contributed by atoms with Crippen LogP contribution in [0.5, 0.6) is 0 Å². The van der Waals surface area contributed by atoms with E-state index < -0.39 is 28.5 Å². The summed E-state index contributed by atoms with van der Waals surface area (Å²) in [5, 5.41) is 8.40. The Bertz CT molecular complexity index is 1130. The highest BCUT2D eigenvalue weighted by atomic mass is 32.2. The number of anilines is 1. The number of carbonyl (C=O) groups is 2. The highest BCUT2D eigenvalue weighted by Gasteiger charge is 2.24. The topological polar surface area (TPSA) is 107 Å². The van der Waals surface area contributed by atoms with E-state index in [1.54, 1.807) is 0 Å². The molecule has 3 aromatic rings. The number of benzene rings is 2. The number of esters is 1. The van der Waals surface area contributed by atoms with Gasteiger partial charge in [-0.3, -0.25) is 4.79 Å². The molecule has 1 heterocycles. The third-order valence-corrected chi connectivity index (χ3v) is 6.10. The number of fused-ring (bicyclic) bond motifs is 1. The first-order valence-corrected chi connectivity index (χ1v) is 10.8. The Morgan fingerprint density at radius 1 is 1.11 bits per heavy atom. The molecule has 3 rings (SSSR count). The van der Waals surface area contributed by atoms with Crippen molar-refractivity contribution in [2.75, 3.05) is 18.1 Å². The lowest BCUT2D eigenvalue weighted by atomic mass is 10.1. The lowest BCUT2D eigenvalue weighted by molar-refractivity contribution is -0.121. The second-order valence-electron chi connectivity index (χ2n) is 5.87. The summed E-state index contributed by atoms with van der Waals surface area (Å²) >= 11 is 0.890. The van der Waals surface area contributed by atoms with Crippen molar-refractivity contribution in [1.82, 2.24) is 0 Å². The molecule has 0 aliphatic rings. The number of hydrogen-bond donors (Lipinski definition) is 1. The van der Waals surface area contributed by atoms with E-state index in [4.69, 9.17) is 9.88 Å². The molecule has 0 atom stereocenters. The van der Waals surface area contributed by atoms with Gasteiger partial charge in [-0.1, -0.05) is 36.4 Å². The lowest BCUT2D eigenvalue weighted by Crippen LogP contribution is -2.34. The lowest BCUT2D eigenvalue weighted by Gasteiger charge is -2.22. The maximum absolute atomic E-state index is 12.7. The minimum Gasteiger partial charge on any atom is -0.451 e. The van der Waals surface area contributed by atoms with Crippen LogP contribution in [0.25, 0.3) is 10.8 Å². The molecular formula is C19H18N2O5S2. The Labute approximate surface area is 166 Å². The maximum Gasteiger partial charge on any atom is 0.350 e. The summed E-state index contributed by atoms with van der Waals surface area (Å²) in [6.07, 6.45) is 0. The summed E-state index contributed by atoms with van der Waals surface area (Å²) in [5.74, 6) is -1.32. The van der Waals surface area contributed by atoms with E-state index >= 15 is 0 Å². The molecule has 1 aromatic heterocycles. The summed E-state index contributed by atoms with van der Waals surface area (Å²) in [4.78, 5) is 26.0. The van der Waals surface area contributed by atoms with Gasteiger partial charge in [0.15, 0.2) is 6.61 Å². The van der Waals surface area contributed by atoms with Gasteiger partial charge in [0, 0.05) is 11.9 Å². The van der Waals surface area contributed by atoms with Crippen molar-refractivity contribution in [3.8, 4) is 0 Å². The fourth-order valence-electron chi connectivity index (χ4n) is 2.87. The fraction of sp³-hybridized carbons (Fsp3) is 0.158. The van der Waals surface area contributed by atoms with Gasteiger partial charge in [0.05, 0.1) is 5.69 Å². The van der Waals surface area contributed by atoms with Crippen LogP contribution in [0.4, 0.5) is 5.69 Å². The Morgan fingerprint density at radius 3 is 2.54 bits per heavy atom. The van der Waals surface area contributed by atoms with Crippen LogP contribution < -0.4 is 10.0 Å². The van der Waals surface area contributed by atoms with Gasteiger partial charge in [-0.25, -0.2) is 18.4 Å². The molecule has 2 aromatic carbocycles. The number of carbonyl (C=O) groups excluding carboxylic acids is 2. The van der Waals surface area contributed by atoms with Crippen molar-refractivity contribution in [1.29, 1.82) is 0 Å². The molecule has 2 N–H and O–H groups in total. The predicted octanol–water partition coefficient (Wildman–Crippen LogP) is 2.76. The smallest absolute Gasteiger partial charge is 0.350 e. The van der Waals surface area contributed by atoms with Crippen LogP contribution in [-0.2, 0) is 19.6 Å². The highest BCUT2D eigenvalue weighted by Crippen LogP contribution is 2.27. The molecule has 0 fully saturated rings. The fourth-order valence-corrected chi connectivity index (χ4v) is 4.72. The number of hydrogen-bond acceptors (Lipinski definition) is 6. The van der Waals surface area contributed by atoms with Gasteiger partial charge in [-0.05, 0) is 29.8 Å². The average Bonchev–Trinajstić information content (AvgIpc) is 3.17. The molecule has 0 radical (unpaired) electrons. The number of amides is 1. The molecule has 9 heteroatoms. The molecule has 0 aliphatic heterocycles. The van der Waals surface area contributed by atoms with E-state index in [-0.39, 0.29) is 9.77 Å². The molecule has 0 saturated heterocycles. The molecule has 0 saturated carbocycles. The first-order valence-electron chi connectivity index (χ1n) is 8.38. The van der Waals surface area contributed by atoms with Gasteiger partial charge < -0.3 is 9.64 Å². The summed E-state index contributed by atoms with van der Waals surface area (Å²) in [6, 6.07) is 14.5. The number of primary sulfonamides is 1. The van der Waals surface area contributed by atoms with Crippen molar-refractivity contribution in [3.63, 3.8) is 0 Å². The molecule has 0 aliphatic carbocycles. The van der Waals surface area contributed by atoms with E-state index in [9.17, 15) is 18.0 Å². The highest BCUT2D eigenvalue weighted by molar-refractivity contribution is 7.89. The van der Waals surface area contributed by atoms with E-state index in [1.807, 2.05) is 49.4 Å². The number of nitrogens with two attached hydrogens (primary N) is 1. The second-order valence-corrected chi connectivity index (χ2v) is 8.32. The Morgan fingerprint density at radius 2 is 1.82 bits per heavy atom. The molecule has 1 amide bonds. The monoisotopic (exact) mass is 418 g/mol. The standard InChI is InChI=1S/C19H18N2O5S2/c1-2-21(15-9-5-7-13-6-3-4-8-14(13)15)17(22)12-26-19(23)18-16(10-11-27-18)28(20,24)25/h3-11H,2,12H2,1H3,(H2,20,24,25). The zero-order chi connectivity index (χ0) is 20.3. The summed E-state index contributed by atoms with van der Waals surface area (Å²) in [5.41, 5.74) is 0.711. The van der Waals surface area contributed by atoms with E-state index in [0.717, 1.165) is 22.1 Å². The van der Waals surface area contributed by atoms with Crippen LogP contribution in [-0.4, -0.2) is 33.4 Å². The van der Waals surface area contributed by atoms with Gasteiger partial charge in [0.25, 0.3) is 5.91 Å². The maximum atomic E-state index is 12.7. The zero-order valence-electron chi connectivity index (χ0n) is 15.0. The van der Waals surface area contributed by atoms with Crippen LogP contribution in [0.2, 0.25) is 0 Å². The SMILES string of the molecule is CCN(C(=O)COC(=O)c1sccc1S(N)(=O)=O)c1cccc2ccccc12. The van der Waals surface area contributed by atoms with Crippen molar-refractivity contribution in [2.45, 2.75) is 11.8 Å². The quantitative estimate of drug-likeness (QED) is 0.620. The Kier molecular flexibility index (Phi) is 5.78. The zero-order valence-corrected chi connectivity index (χ0v) is 16.6. The van der Waals surface area contributed by atoms with Crippen LogP contribution in [0.3, 0.4) is 0 Å². The normalized spacial score (nSPS) is 11.4. The third kappa shape index (κ3) is 4.06. The van der Waals surface area contributed by atoms with Crippen molar-refractivity contribution in [2.24, 2.45) is 5.14 Å². The van der Waals surface area contributed by atoms with Crippen LogP contribution >= 0.6 is 11.3 Å². The van der Waals surface area contributed by atoms with Gasteiger partial charge in [-0.2, -0.15) is 0 Å². The number of likely N-dealkylation sites (N-methyl/N-ethyl adjacent to an activating group) is 1. The van der Waals surface area contributed by atoms with Gasteiger partial charge in [-0.15, -0.1) is 11.3 Å². The van der Waals surface area contributed by atoms with Crippen LogP contribution in [0.15, 0.2) is 58.8 Å². The second kappa shape index (κ2) is 8.09. The minimum absolute atomic E-state index is 0.150. The molecule has 0 bridgehead atoms. The summed E-state index contributed by atoms with van der Waals surface area (Å²) in [7, 11) is -4.05. The van der Waals surface area contributed by atoms with E-state index in [0.29, 0.717) is 12.2 Å². The molecule has 146 valence electrons. The van der Waals surface area contributed by atoms with Crippen LogP contribution in [0.1, 0.15) is 16.6 Å². The number of rotatable bonds is 6. The number of sulfonamides is 1. The molecule has 7 nitrogen and oxygen atoms in total. The first-order chi connectivity index (χ1) is 13.3. The molecule has 0 unspecified atom stereocenters. The van der Waals surface area contributed by atoms with Gasteiger partial charge >= 0.3 is 5.97 Å². The first kappa shape index (κ1) is 20.0. The van der Waals surface area contributed by atoms with Crippen molar-refractivity contribution in [3.05, 3.63) is 58.8 Å². The Hall–Kier alpha value is -2.75. The van der Waals surface area contributed by atoms with Crippen LogP contribution in [0, 0.1) is 0 Å². The van der Waals surface area contributed by atoms with Crippen molar-refractivity contribution >= 4 is 49.7 Å². The predicted molar refractivity (Wildman–Crippen MR) is 108 cm³/mol. The largest absolute Gasteiger partial charge is 0.451 e. The summed E-state index contributed by atoms with van der Waals surface area (Å²) < 4.78 is 28.1.